The average Bonchev–Trinajstić information content (AvgIpc) is 2.35. The molecule has 2 atom stereocenters. The lowest BCUT2D eigenvalue weighted by Gasteiger charge is -2.52. The highest BCUT2D eigenvalue weighted by molar-refractivity contribution is 5.03. The summed E-state index contributed by atoms with van der Waals surface area (Å²) in [7, 11) is 4.43. The molecule has 0 heterocycles. The third-order valence-electron chi connectivity index (χ3n) is 5.63. The number of rotatable bonds is 4. The fourth-order valence-electron chi connectivity index (χ4n) is 3.55. The summed E-state index contributed by atoms with van der Waals surface area (Å²) in [4.78, 5) is 2.42. The van der Waals surface area contributed by atoms with Crippen LogP contribution in [0.25, 0.3) is 0 Å². The van der Waals surface area contributed by atoms with Crippen molar-refractivity contribution in [3.05, 3.63) is 0 Å². The SMILES string of the molecule is CN(C)C1(CNC2CC(O)C2(C)C)CCCCC1. The maximum Gasteiger partial charge on any atom is 0.0621 e. The number of likely N-dealkylation sites (N-methyl/N-ethyl adjacent to an activating group) is 1. The molecule has 2 fully saturated rings. The van der Waals surface area contributed by atoms with Crippen molar-refractivity contribution in [2.75, 3.05) is 20.6 Å². The highest BCUT2D eigenvalue weighted by atomic mass is 16.3. The molecule has 2 rings (SSSR count). The third kappa shape index (κ3) is 2.45. The number of hydrogen-bond donors (Lipinski definition) is 2. The summed E-state index contributed by atoms with van der Waals surface area (Å²) in [6.07, 6.45) is 7.51. The lowest BCUT2D eigenvalue weighted by molar-refractivity contribution is -0.0769. The molecule has 2 unspecified atom stereocenters. The van der Waals surface area contributed by atoms with Crippen molar-refractivity contribution in [1.82, 2.24) is 10.2 Å². The van der Waals surface area contributed by atoms with Crippen LogP contribution in [-0.4, -0.2) is 48.3 Å². The number of nitrogens with zero attached hydrogens (tertiary/aromatic N) is 1. The van der Waals surface area contributed by atoms with E-state index in [4.69, 9.17) is 0 Å². The molecule has 0 amide bonds. The van der Waals surface area contributed by atoms with Gasteiger partial charge in [-0.2, -0.15) is 0 Å². The van der Waals surface area contributed by atoms with Crippen LogP contribution >= 0.6 is 0 Å². The first kappa shape index (κ1) is 14.3. The monoisotopic (exact) mass is 254 g/mol. The second kappa shape index (κ2) is 5.10. The maximum absolute atomic E-state index is 9.81. The fraction of sp³-hybridized carbons (Fsp3) is 1.00. The smallest absolute Gasteiger partial charge is 0.0621 e. The molecule has 0 saturated heterocycles. The van der Waals surface area contributed by atoms with Gasteiger partial charge in [-0.05, 0) is 33.4 Å². The van der Waals surface area contributed by atoms with Crippen molar-refractivity contribution in [3.63, 3.8) is 0 Å². The Morgan fingerprint density at radius 1 is 1.17 bits per heavy atom. The number of aliphatic hydroxyl groups excluding tert-OH is 1. The van der Waals surface area contributed by atoms with E-state index >= 15 is 0 Å². The van der Waals surface area contributed by atoms with E-state index in [0.717, 1.165) is 13.0 Å². The van der Waals surface area contributed by atoms with Crippen LogP contribution in [0.1, 0.15) is 52.4 Å². The lowest BCUT2D eigenvalue weighted by atomic mass is 9.64. The van der Waals surface area contributed by atoms with Crippen LogP contribution in [0.3, 0.4) is 0 Å². The zero-order valence-corrected chi connectivity index (χ0v) is 12.5. The molecular formula is C15H30N2O. The van der Waals surface area contributed by atoms with E-state index in [-0.39, 0.29) is 11.5 Å². The Morgan fingerprint density at radius 3 is 2.22 bits per heavy atom. The Balaban J connectivity index is 1.91. The number of hydrogen-bond acceptors (Lipinski definition) is 3. The second-order valence-corrected chi connectivity index (χ2v) is 7.19. The zero-order chi connectivity index (χ0) is 13.4. The van der Waals surface area contributed by atoms with E-state index < -0.39 is 0 Å². The van der Waals surface area contributed by atoms with Gasteiger partial charge in [0.05, 0.1) is 6.10 Å². The fourth-order valence-corrected chi connectivity index (χ4v) is 3.55. The van der Waals surface area contributed by atoms with E-state index in [1.165, 1.54) is 32.1 Å². The van der Waals surface area contributed by atoms with E-state index in [2.05, 4.69) is 38.2 Å². The molecule has 3 nitrogen and oxygen atoms in total. The Kier molecular flexibility index (Phi) is 4.05. The molecule has 106 valence electrons. The summed E-state index contributed by atoms with van der Waals surface area (Å²) >= 11 is 0. The predicted octanol–water partition coefficient (Wildman–Crippen LogP) is 2.00. The van der Waals surface area contributed by atoms with Gasteiger partial charge in [0.15, 0.2) is 0 Å². The van der Waals surface area contributed by atoms with Crippen molar-refractivity contribution in [2.45, 2.75) is 70.1 Å². The van der Waals surface area contributed by atoms with Gasteiger partial charge >= 0.3 is 0 Å². The summed E-state index contributed by atoms with van der Waals surface area (Å²) < 4.78 is 0. The number of aliphatic hydroxyl groups is 1. The highest BCUT2D eigenvalue weighted by Crippen LogP contribution is 2.41. The first-order valence-corrected chi connectivity index (χ1v) is 7.47. The lowest BCUT2D eigenvalue weighted by Crippen LogP contribution is -2.63. The molecule has 0 aromatic rings. The van der Waals surface area contributed by atoms with E-state index in [1.54, 1.807) is 0 Å². The third-order valence-corrected chi connectivity index (χ3v) is 5.63. The van der Waals surface area contributed by atoms with Crippen LogP contribution in [0.4, 0.5) is 0 Å². The first-order chi connectivity index (χ1) is 8.38. The zero-order valence-electron chi connectivity index (χ0n) is 12.5. The molecule has 2 aliphatic carbocycles. The van der Waals surface area contributed by atoms with Crippen LogP contribution in [0.15, 0.2) is 0 Å². The van der Waals surface area contributed by atoms with Gasteiger partial charge in [-0.1, -0.05) is 33.1 Å². The molecule has 0 aliphatic heterocycles. The molecule has 2 saturated carbocycles. The molecule has 3 heteroatoms. The average molecular weight is 254 g/mol. The van der Waals surface area contributed by atoms with Crippen LogP contribution in [0, 0.1) is 5.41 Å². The van der Waals surface area contributed by atoms with Crippen LogP contribution in [0.2, 0.25) is 0 Å². The minimum atomic E-state index is -0.128. The standard InChI is InChI=1S/C15H30N2O/c1-14(2)12(10-13(14)18)16-11-15(17(3)4)8-6-5-7-9-15/h12-13,16,18H,5-11H2,1-4H3. The van der Waals surface area contributed by atoms with Crippen molar-refractivity contribution >= 4 is 0 Å². The molecule has 2 aliphatic rings. The number of nitrogens with one attached hydrogen (secondary N) is 1. The Morgan fingerprint density at radius 2 is 1.78 bits per heavy atom. The summed E-state index contributed by atoms with van der Waals surface area (Å²) in [5.41, 5.74) is 0.386. The quantitative estimate of drug-likeness (QED) is 0.805. The van der Waals surface area contributed by atoms with Crippen molar-refractivity contribution in [3.8, 4) is 0 Å². The predicted molar refractivity (Wildman–Crippen MR) is 75.7 cm³/mol. The van der Waals surface area contributed by atoms with Gasteiger partial charge in [0, 0.05) is 23.5 Å². The van der Waals surface area contributed by atoms with Crippen molar-refractivity contribution < 1.29 is 5.11 Å². The molecule has 0 aromatic heterocycles. The molecule has 0 spiro atoms. The van der Waals surface area contributed by atoms with Gasteiger partial charge in [-0.3, -0.25) is 0 Å². The minimum Gasteiger partial charge on any atom is -0.392 e. The summed E-state index contributed by atoms with van der Waals surface area (Å²) in [6, 6.07) is 0.478. The molecule has 2 N–H and O–H groups in total. The maximum atomic E-state index is 9.81. The van der Waals surface area contributed by atoms with Gasteiger partial charge in [0.1, 0.15) is 0 Å². The summed E-state index contributed by atoms with van der Waals surface area (Å²) in [5.74, 6) is 0. The molecule has 0 bridgehead atoms. The van der Waals surface area contributed by atoms with Crippen molar-refractivity contribution in [1.29, 1.82) is 0 Å². The van der Waals surface area contributed by atoms with Crippen LogP contribution in [-0.2, 0) is 0 Å². The van der Waals surface area contributed by atoms with Gasteiger partial charge in [0.2, 0.25) is 0 Å². The van der Waals surface area contributed by atoms with Gasteiger partial charge < -0.3 is 15.3 Å². The van der Waals surface area contributed by atoms with Gasteiger partial charge in [0.25, 0.3) is 0 Å². The Labute approximate surface area is 112 Å². The first-order valence-electron chi connectivity index (χ1n) is 7.47. The summed E-state index contributed by atoms with van der Waals surface area (Å²) in [6.45, 7) is 5.41. The molecule has 18 heavy (non-hydrogen) atoms. The van der Waals surface area contributed by atoms with Crippen LogP contribution < -0.4 is 5.32 Å². The molecular weight excluding hydrogens is 224 g/mol. The van der Waals surface area contributed by atoms with Crippen molar-refractivity contribution in [2.24, 2.45) is 5.41 Å². The summed E-state index contributed by atoms with van der Waals surface area (Å²) in [5, 5.41) is 13.5. The van der Waals surface area contributed by atoms with Crippen LogP contribution in [0.5, 0.6) is 0 Å². The topological polar surface area (TPSA) is 35.5 Å². The Bertz CT molecular complexity index is 282. The largest absolute Gasteiger partial charge is 0.392 e. The van der Waals surface area contributed by atoms with E-state index in [1.807, 2.05) is 0 Å². The Hall–Kier alpha value is -0.120. The van der Waals surface area contributed by atoms with E-state index in [0.29, 0.717) is 11.6 Å². The minimum absolute atomic E-state index is 0.0438. The van der Waals surface area contributed by atoms with Gasteiger partial charge in [-0.25, -0.2) is 0 Å². The van der Waals surface area contributed by atoms with E-state index in [9.17, 15) is 5.11 Å². The second-order valence-electron chi connectivity index (χ2n) is 7.19. The van der Waals surface area contributed by atoms with Gasteiger partial charge in [-0.15, -0.1) is 0 Å². The molecule has 0 radical (unpaired) electrons. The molecule has 0 aromatic carbocycles. The highest BCUT2D eigenvalue weighted by Gasteiger charge is 2.48. The normalized spacial score (nSPS) is 34.3.